The highest BCUT2D eigenvalue weighted by Crippen LogP contribution is 2.34. The highest BCUT2D eigenvalue weighted by atomic mass is 16.1. The van der Waals surface area contributed by atoms with Gasteiger partial charge in [-0.1, -0.05) is 6.42 Å². The molecule has 3 nitrogen and oxygen atoms in total. The minimum absolute atomic E-state index is 0.493. The molecular formula is C9H10N2O. The maximum atomic E-state index is 10.4. The molecule has 2 rings (SSSR count). The summed E-state index contributed by atoms with van der Waals surface area (Å²) in [6.45, 7) is 0. The fraction of sp³-hybridized carbons (Fsp3) is 0.444. The van der Waals surface area contributed by atoms with Crippen LogP contribution in [0.1, 0.15) is 41.4 Å². The molecule has 0 N–H and O–H groups in total. The van der Waals surface area contributed by atoms with Gasteiger partial charge in [0.25, 0.3) is 0 Å². The molecule has 1 aromatic rings. The first kappa shape index (κ1) is 7.40. The van der Waals surface area contributed by atoms with Crippen molar-refractivity contribution >= 4 is 6.29 Å². The number of nitrogens with zero attached hydrogens (tertiary/aromatic N) is 2. The van der Waals surface area contributed by atoms with Crippen LogP contribution in [0.15, 0.2) is 12.4 Å². The van der Waals surface area contributed by atoms with Crippen molar-refractivity contribution in [3.63, 3.8) is 0 Å². The summed E-state index contributed by atoms with van der Waals surface area (Å²) >= 11 is 0. The van der Waals surface area contributed by atoms with Gasteiger partial charge >= 0.3 is 0 Å². The summed E-state index contributed by atoms with van der Waals surface area (Å²) in [5.74, 6) is 0.576. The summed E-state index contributed by atoms with van der Waals surface area (Å²) in [5, 5.41) is 0. The Labute approximate surface area is 70.9 Å². The standard InChI is InChI=1S/C9H10N2O/c12-5-8-4-9(11-6-10-8)7-2-1-3-7/h4-7H,1-3H2. The third kappa shape index (κ3) is 1.22. The molecule has 0 atom stereocenters. The Morgan fingerprint density at radius 1 is 1.42 bits per heavy atom. The minimum atomic E-state index is 0.493. The second-order valence-electron chi connectivity index (χ2n) is 3.11. The second kappa shape index (κ2) is 3.01. The molecule has 1 saturated carbocycles. The van der Waals surface area contributed by atoms with E-state index in [1.165, 1.54) is 25.6 Å². The first-order valence-electron chi connectivity index (χ1n) is 4.17. The lowest BCUT2D eigenvalue weighted by Gasteiger charge is -2.24. The van der Waals surface area contributed by atoms with E-state index in [4.69, 9.17) is 0 Å². The number of rotatable bonds is 2. The van der Waals surface area contributed by atoms with Crippen molar-refractivity contribution in [1.82, 2.24) is 9.97 Å². The van der Waals surface area contributed by atoms with Gasteiger partial charge in [-0.3, -0.25) is 4.79 Å². The summed E-state index contributed by atoms with van der Waals surface area (Å²) in [7, 11) is 0. The molecule has 0 aliphatic heterocycles. The first-order valence-corrected chi connectivity index (χ1v) is 4.17. The van der Waals surface area contributed by atoms with E-state index in [1.54, 1.807) is 6.07 Å². The summed E-state index contributed by atoms with van der Waals surface area (Å²) in [4.78, 5) is 18.4. The molecule has 0 saturated heterocycles. The van der Waals surface area contributed by atoms with Gasteiger partial charge in [-0.05, 0) is 18.9 Å². The zero-order valence-electron chi connectivity index (χ0n) is 6.73. The van der Waals surface area contributed by atoms with Gasteiger partial charge in [-0.15, -0.1) is 0 Å². The monoisotopic (exact) mass is 162 g/mol. The number of carbonyl (C=O) groups is 1. The molecule has 0 amide bonds. The Kier molecular flexibility index (Phi) is 1.86. The number of hydrogen-bond donors (Lipinski definition) is 0. The Morgan fingerprint density at radius 3 is 2.83 bits per heavy atom. The summed E-state index contributed by atoms with van der Waals surface area (Å²) in [6.07, 6.45) is 5.93. The van der Waals surface area contributed by atoms with Gasteiger partial charge < -0.3 is 0 Å². The van der Waals surface area contributed by atoms with Crippen LogP contribution in [0.2, 0.25) is 0 Å². The van der Waals surface area contributed by atoms with Crippen molar-refractivity contribution in [3.8, 4) is 0 Å². The van der Waals surface area contributed by atoms with Gasteiger partial charge in [0, 0.05) is 11.6 Å². The van der Waals surface area contributed by atoms with E-state index in [9.17, 15) is 4.79 Å². The lowest BCUT2D eigenvalue weighted by atomic mass is 9.83. The van der Waals surface area contributed by atoms with Crippen LogP contribution in [0.3, 0.4) is 0 Å². The van der Waals surface area contributed by atoms with E-state index < -0.39 is 0 Å². The van der Waals surface area contributed by atoms with Crippen molar-refractivity contribution in [1.29, 1.82) is 0 Å². The predicted octanol–water partition coefficient (Wildman–Crippen LogP) is 1.56. The second-order valence-corrected chi connectivity index (χ2v) is 3.11. The van der Waals surface area contributed by atoms with E-state index in [2.05, 4.69) is 9.97 Å². The van der Waals surface area contributed by atoms with Gasteiger partial charge in [0.1, 0.15) is 12.0 Å². The molecule has 1 aliphatic rings. The van der Waals surface area contributed by atoms with E-state index in [0.29, 0.717) is 11.6 Å². The van der Waals surface area contributed by atoms with E-state index in [-0.39, 0.29) is 0 Å². The quantitative estimate of drug-likeness (QED) is 0.620. The molecule has 0 aromatic carbocycles. The number of carbonyl (C=O) groups excluding carboxylic acids is 1. The predicted molar refractivity (Wildman–Crippen MR) is 44.0 cm³/mol. The molecular weight excluding hydrogens is 152 g/mol. The van der Waals surface area contributed by atoms with E-state index in [0.717, 1.165) is 12.0 Å². The molecule has 1 heterocycles. The number of aromatic nitrogens is 2. The molecule has 1 fully saturated rings. The van der Waals surface area contributed by atoms with Crippen LogP contribution in [-0.4, -0.2) is 16.3 Å². The molecule has 62 valence electrons. The molecule has 0 radical (unpaired) electrons. The zero-order valence-corrected chi connectivity index (χ0v) is 6.73. The maximum absolute atomic E-state index is 10.4. The molecule has 0 spiro atoms. The zero-order chi connectivity index (χ0) is 8.39. The van der Waals surface area contributed by atoms with Crippen molar-refractivity contribution in [2.24, 2.45) is 0 Å². The topological polar surface area (TPSA) is 42.9 Å². The Hall–Kier alpha value is -1.25. The largest absolute Gasteiger partial charge is 0.296 e. The molecule has 1 aliphatic carbocycles. The van der Waals surface area contributed by atoms with Gasteiger partial charge in [0.15, 0.2) is 6.29 Å². The van der Waals surface area contributed by atoms with Crippen LogP contribution in [0, 0.1) is 0 Å². The summed E-state index contributed by atoms with van der Waals surface area (Å²) in [6, 6.07) is 1.79. The van der Waals surface area contributed by atoms with Crippen molar-refractivity contribution in [3.05, 3.63) is 23.8 Å². The van der Waals surface area contributed by atoms with Crippen LogP contribution >= 0.6 is 0 Å². The molecule has 12 heavy (non-hydrogen) atoms. The Morgan fingerprint density at radius 2 is 2.25 bits per heavy atom. The molecule has 0 bridgehead atoms. The van der Waals surface area contributed by atoms with Crippen molar-refractivity contribution < 1.29 is 4.79 Å². The fourth-order valence-electron chi connectivity index (χ4n) is 1.38. The van der Waals surface area contributed by atoms with E-state index >= 15 is 0 Å². The molecule has 1 aromatic heterocycles. The van der Waals surface area contributed by atoms with Crippen molar-refractivity contribution in [2.45, 2.75) is 25.2 Å². The lowest BCUT2D eigenvalue weighted by molar-refractivity contribution is 0.111. The summed E-state index contributed by atoms with van der Waals surface area (Å²) in [5.41, 5.74) is 1.52. The highest BCUT2D eigenvalue weighted by molar-refractivity contribution is 5.71. The smallest absolute Gasteiger partial charge is 0.168 e. The summed E-state index contributed by atoms with van der Waals surface area (Å²) < 4.78 is 0. The third-order valence-electron chi connectivity index (χ3n) is 2.35. The van der Waals surface area contributed by atoms with Crippen molar-refractivity contribution in [2.75, 3.05) is 0 Å². The Bertz CT molecular complexity index is 294. The van der Waals surface area contributed by atoms with Crippen LogP contribution in [0.25, 0.3) is 0 Å². The fourth-order valence-corrected chi connectivity index (χ4v) is 1.38. The highest BCUT2D eigenvalue weighted by Gasteiger charge is 2.20. The first-order chi connectivity index (χ1) is 5.90. The van der Waals surface area contributed by atoms with Crippen LogP contribution in [0.5, 0.6) is 0 Å². The van der Waals surface area contributed by atoms with Gasteiger partial charge in [0.2, 0.25) is 0 Å². The van der Waals surface area contributed by atoms with Gasteiger partial charge in [0.05, 0.1) is 0 Å². The van der Waals surface area contributed by atoms with Crippen LogP contribution in [-0.2, 0) is 0 Å². The molecule has 3 heteroatoms. The number of hydrogen-bond acceptors (Lipinski definition) is 3. The van der Waals surface area contributed by atoms with Crippen LogP contribution in [0.4, 0.5) is 0 Å². The minimum Gasteiger partial charge on any atom is -0.296 e. The number of aldehydes is 1. The SMILES string of the molecule is O=Cc1cc(C2CCC2)ncn1. The normalized spacial score (nSPS) is 17.0. The van der Waals surface area contributed by atoms with Crippen LogP contribution < -0.4 is 0 Å². The third-order valence-corrected chi connectivity index (χ3v) is 2.35. The Balaban J connectivity index is 2.25. The van der Waals surface area contributed by atoms with E-state index in [1.807, 2.05) is 0 Å². The van der Waals surface area contributed by atoms with Gasteiger partial charge in [-0.25, -0.2) is 9.97 Å². The van der Waals surface area contributed by atoms with Gasteiger partial charge in [-0.2, -0.15) is 0 Å². The average molecular weight is 162 g/mol. The average Bonchev–Trinajstić information content (AvgIpc) is 2.02. The molecule has 0 unspecified atom stereocenters. The maximum Gasteiger partial charge on any atom is 0.168 e. The lowest BCUT2D eigenvalue weighted by Crippen LogP contribution is -2.11.